The molecule has 106 valence electrons. The van der Waals surface area contributed by atoms with Crippen molar-refractivity contribution in [2.24, 2.45) is 0 Å². The van der Waals surface area contributed by atoms with Crippen molar-refractivity contribution in [3.63, 3.8) is 0 Å². The van der Waals surface area contributed by atoms with E-state index in [0.29, 0.717) is 34.4 Å². The molecule has 4 nitrogen and oxygen atoms in total. The van der Waals surface area contributed by atoms with Crippen LogP contribution in [0.3, 0.4) is 0 Å². The molecule has 0 fully saturated rings. The zero-order chi connectivity index (χ0) is 14.5. The standard InChI is InChI=1S/C15H15BrO4/c1-18-13-8-6-11(15(19-2)14(13)16)12(17)7-5-10-4-3-9-20-10/h3-4,6,8-9H,5,7H2,1-2H3. The first-order valence-corrected chi connectivity index (χ1v) is 6.92. The summed E-state index contributed by atoms with van der Waals surface area (Å²) in [7, 11) is 3.10. The molecule has 5 heteroatoms. The second-order valence-electron chi connectivity index (χ2n) is 4.17. The number of aryl methyl sites for hydroxylation is 1. The molecule has 1 heterocycles. The second kappa shape index (κ2) is 6.61. The van der Waals surface area contributed by atoms with Gasteiger partial charge in [0, 0.05) is 12.8 Å². The Hall–Kier alpha value is -1.75. The highest BCUT2D eigenvalue weighted by molar-refractivity contribution is 9.10. The Balaban J connectivity index is 2.19. The monoisotopic (exact) mass is 338 g/mol. The molecule has 0 radical (unpaired) electrons. The van der Waals surface area contributed by atoms with Crippen molar-refractivity contribution in [1.29, 1.82) is 0 Å². The molecular formula is C15H15BrO4. The topological polar surface area (TPSA) is 48.7 Å². The molecule has 0 unspecified atom stereocenters. The van der Waals surface area contributed by atoms with E-state index in [-0.39, 0.29) is 5.78 Å². The zero-order valence-electron chi connectivity index (χ0n) is 11.3. The summed E-state index contributed by atoms with van der Waals surface area (Å²) in [6, 6.07) is 7.12. The maximum atomic E-state index is 12.3. The van der Waals surface area contributed by atoms with E-state index in [1.807, 2.05) is 12.1 Å². The van der Waals surface area contributed by atoms with Gasteiger partial charge in [-0.15, -0.1) is 0 Å². The van der Waals surface area contributed by atoms with E-state index in [1.165, 1.54) is 7.11 Å². The summed E-state index contributed by atoms with van der Waals surface area (Å²) in [5.41, 5.74) is 0.534. The highest BCUT2D eigenvalue weighted by atomic mass is 79.9. The minimum Gasteiger partial charge on any atom is -0.495 e. The molecule has 0 aliphatic heterocycles. The van der Waals surface area contributed by atoms with Crippen LogP contribution >= 0.6 is 15.9 Å². The number of benzene rings is 1. The number of hydrogen-bond acceptors (Lipinski definition) is 4. The SMILES string of the molecule is COc1ccc(C(=O)CCc2ccco2)c(OC)c1Br. The first-order valence-electron chi connectivity index (χ1n) is 6.13. The van der Waals surface area contributed by atoms with Crippen molar-refractivity contribution in [3.05, 3.63) is 46.3 Å². The number of ketones is 1. The van der Waals surface area contributed by atoms with Gasteiger partial charge in [-0.25, -0.2) is 0 Å². The van der Waals surface area contributed by atoms with Crippen molar-refractivity contribution < 1.29 is 18.7 Å². The number of Topliss-reactive ketones (excluding diaryl/α,β-unsaturated/α-hetero) is 1. The Morgan fingerprint density at radius 2 is 2.05 bits per heavy atom. The summed E-state index contributed by atoms with van der Waals surface area (Å²) >= 11 is 3.39. The third-order valence-corrected chi connectivity index (χ3v) is 3.72. The van der Waals surface area contributed by atoms with E-state index >= 15 is 0 Å². The Kier molecular flexibility index (Phi) is 4.84. The van der Waals surface area contributed by atoms with E-state index in [2.05, 4.69) is 15.9 Å². The fourth-order valence-electron chi connectivity index (χ4n) is 1.94. The molecule has 0 amide bonds. The van der Waals surface area contributed by atoms with E-state index in [0.717, 1.165) is 5.76 Å². The summed E-state index contributed by atoms with van der Waals surface area (Å²) in [6.07, 6.45) is 2.53. The van der Waals surface area contributed by atoms with Crippen molar-refractivity contribution in [2.45, 2.75) is 12.8 Å². The summed E-state index contributed by atoms with van der Waals surface area (Å²) in [6.45, 7) is 0. The minimum absolute atomic E-state index is 0.00148. The molecule has 0 spiro atoms. The third-order valence-electron chi connectivity index (χ3n) is 2.96. The van der Waals surface area contributed by atoms with Gasteiger partial charge in [0.2, 0.25) is 0 Å². The Labute approximate surface area is 125 Å². The first kappa shape index (κ1) is 14.7. The van der Waals surface area contributed by atoms with Crippen LogP contribution in [0.5, 0.6) is 11.5 Å². The van der Waals surface area contributed by atoms with Gasteiger partial charge in [-0.2, -0.15) is 0 Å². The van der Waals surface area contributed by atoms with Gasteiger partial charge in [-0.05, 0) is 40.2 Å². The van der Waals surface area contributed by atoms with Gasteiger partial charge in [0.1, 0.15) is 21.7 Å². The Morgan fingerprint density at radius 3 is 2.65 bits per heavy atom. The summed E-state index contributed by atoms with van der Waals surface area (Å²) in [5.74, 6) is 1.92. The van der Waals surface area contributed by atoms with Gasteiger partial charge < -0.3 is 13.9 Å². The highest BCUT2D eigenvalue weighted by Crippen LogP contribution is 2.37. The van der Waals surface area contributed by atoms with Crippen LogP contribution in [0.25, 0.3) is 0 Å². The van der Waals surface area contributed by atoms with Crippen LogP contribution in [0.1, 0.15) is 22.5 Å². The van der Waals surface area contributed by atoms with E-state index in [9.17, 15) is 4.79 Å². The molecule has 0 N–H and O–H groups in total. The van der Waals surface area contributed by atoms with Gasteiger partial charge >= 0.3 is 0 Å². The van der Waals surface area contributed by atoms with Gasteiger partial charge in [0.05, 0.1) is 26.0 Å². The molecule has 1 aromatic carbocycles. The summed E-state index contributed by atoms with van der Waals surface area (Å²) in [4.78, 5) is 12.3. The van der Waals surface area contributed by atoms with Crippen molar-refractivity contribution in [2.75, 3.05) is 14.2 Å². The average molecular weight is 339 g/mol. The zero-order valence-corrected chi connectivity index (χ0v) is 12.9. The Bertz CT molecular complexity index is 590. The Morgan fingerprint density at radius 1 is 1.25 bits per heavy atom. The average Bonchev–Trinajstić information content (AvgIpc) is 2.97. The van der Waals surface area contributed by atoms with Crippen molar-refractivity contribution >= 4 is 21.7 Å². The number of halogens is 1. The maximum absolute atomic E-state index is 12.3. The number of carbonyl (C=O) groups is 1. The molecular weight excluding hydrogens is 324 g/mol. The quantitative estimate of drug-likeness (QED) is 0.750. The van der Waals surface area contributed by atoms with Crippen LogP contribution < -0.4 is 9.47 Å². The summed E-state index contributed by atoms with van der Waals surface area (Å²) in [5, 5.41) is 0. The molecule has 0 bridgehead atoms. The number of rotatable bonds is 6. The second-order valence-corrected chi connectivity index (χ2v) is 4.96. The molecule has 2 rings (SSSR count). The maximum Gasteiger partial charge on any atom is 0.167 e. The van der Waals surface area contributed by atoms with Gasteiger partial charge in [-0.1, -0.05) is 0 Å². The lowest BCUT2D eigenvalue weighted by Gasteiger charge is -2.12. The highest BCUT2D eigenvalue weighted by Gasteiger charge is 2.18. The molecule has 1 aromatic heterocycles. The number of ether oxygens (including phenoxy) is 2. The lowest BCUT2D eigenvalue weighted by atomic mass is 10.0. The lowest BCUT2D eigenvalue weighted by molar-refractivity contribution is 0.0977. The fraction of sp³-hybridized carbons (Fsp3) is 0.267. The summed E-state index contributed by atoms with van der Waals surface area (Å²) < 4.78 is 16.4. The van der Waals surface area contributed by atoms with Crippen LogP contribution in [-0.2, 0) is 6.42 Å². The fourth-order valence-corrected chi connectivity index (χ4v) is 2.61. The largest absolute Gasteiger partial charge is 0.495 e. The van der Waals surface area contributed by atoms with Crippen molar-refractivity contribution in [3.8, 4) is 11.5 Å². The number of furan rings is 1. The third kappa shape index (κ3) is 3.04. The molecule has 2 aromatic rings. The number of hydrogen-bond donors (Lipinski definition) is 0. The molecule has 0 aliphatic rings. The van der Waals surface area contributed by atoms with Gasteiger partial charge in [0.25, 0.3) is 0 Å². The predicted octanol–water partition coefficient (Wildman–Crippen LogP) is 3.87. The molecule has 0 saturated carbocycles. The minimum atomic E-state index is 0.00148. The predicted molar refractivity (Wildman–Crippen MR) is 78.6 cm³/mol. The smallest absolute Gasteiger partial charge is 0.167 e. The van der Waals surface area contributed by atoms with Crippen LogP contribution in [0.15, 0.2) is 39.4 Å². The van der Waals surface area contributed by atoms with Crippen molar-refractivity contribution in [1.82, 2.24) is 0 Å². The van der Waals surface area contributed by atoms with E-state index in [1.54, 1.807) is 25.5 Å². The van der Waals surface area contributed by atoms with Gasteiger partial charge in [0.15, 0.2) is 5.78 Å². The lowest BCUT2D eigenvalue weighted by Crippen LogP contribution is -2.05. The molecule has 0 atom stereocenters. The first-order chi connectivity index (χ1) is 9.67. The van der Waals surface area contributed by atoms with Crippen LogP contribution in [0.4, 0.5) is 0 Å². The number of carbonyl (C=O) groups excluding carboxylic acids is 1. The van der Waals surface area contributed by atoms with Gasteiger partial charge in [-0.3, -0.25) is 4.79 Å². The van der Waals surface area contributed by atoms with E-state index in [4.69, 9.17) is 13.9 Å². The van der Waals surface area contributed by atoms with Crippen LogP contribution in [0.2, 0.25) is 0 Å². The molecule has 0 aliphatic carbocycles. The molecule has 20 heavy (non-hydrogen) atoms. The van der Waals surface area contributed by atoms with Crippen LogP contribution in [-0.4, -0.2) is 20.0 Å². The number of methoxy groups -OCH3 is 2. The normalized spacial score (nSPS) is 10.3. The van der Waals surface area contributed by atoms with Crippen LogP contribution in [0, 0.1) is 0 Å². The molecule has 0 saturated heterocycles. The van der Waals surface area contributed by atoms with E-state index < -0.39 is 0 Å².